The number of anilines is 2. The Morgan fingerprint density at radius 2 is 2.00 bits per heavy atom. The van der Waals surface area contributed by atoms with Crippen molar-refractivity contribution in [3.8, 4) is 22.9 Å². The fraction of sp³-hybridized carbons (Fsp3) is 0.111. The summed E-state index contributed by atoms with van der Waals surface area (Å²) < 4.78 is 40.0. The van der Waals surface area contributed by atoms with E-state index in [4.69, 9.17) is 15.6 Å². The third-order valence-electron chi connectivity index (χ3n) is 6.01. The number of nitrogen functional groups attached to an aromatic ring is 1. The van der Waals surface area contributed by atoms with Gasteiger partial charge in [0.25, 0.3) is 0 Å². The molecule has 0 saturated heterocycles. The maximum Gasteiger partial charge on any atom is 0.214 e. The molecule has 10 nitrogen and oxygen atoms in total. The second-order valence-electron chi connectivity index (χ2n) is 8.68. The largest absolute Gasteiger partial charge is 0.454 e. The number of halogens is 2. The number of aromatic nitrogens is 3. The molecule has 0 bridgehead atoms. The average Bonchev–Trinajstić information content (AvgIpc) is 3.54. The number of hydrogen-bond donors (Lipinski definition) is 5. The number of ketones is 1. The van der Waals surface area contributed by atoms with Crippen LogP contribution in [-0.4, -0.2) is 38.8 Å². The summed E-state index contributed by atoms with van der Waals surface area (Å²) in [6.07, 6.45) is 1.37. The molecule has 0 fully saturated rings. The van der Waals surface area contributed by atoms with E-state index >= 15 is 0 Å². The van der Waals surface area contributed by atoms with Crippen LogP contribution >= 0.6 is 12.1 Å². The molecule has 0 unspecified atom stereocenters. The number of fused-ring (bicyclic) bond motifs is 1. The number of carbonyl (C=O) groups excluding carboxylic acids is 1. The normalized spacial score (nSPS) is 11.1. The monoisotopic (exact) mass is 566 g/mol. The van der Waals surface area contributed by atoms with E-state index in [1.165, 1.54) is 29.1 Å². The van der Waals surface area contributed by atoms with Gasteiger partial charge in [0, 0.05) is 34.1 Å². The van der Waals surface area contributed by atoms with E-state index in [0.29, 0.717) is 34.6 Å². The number of benzene rings is 3. The number of aliphatic hydroxyl groups is 1. The highest BCUT2D eigenvalue weighted by molar-refractivity contribution is 7.98. The maximum atomic E-state index is 14.0. The van der Waals surface area contributed by atoms with E-state index in [1.54, 1.807) is 42.5 Å². The van der Waals surface area contributed by atoms with Crippen LogP contribution in [-0.2, 0) is 0 Å². The number of aryl methyl sites for hydroxylation is 1. The summed E-state index contributed by atoms with van der Waals surface area (Å²) in [5.41, 5.74) is 8.96. The molecule has 2 aromatic heterocycles. The minimum absolute atomic E-state index is 0.0588. The molecule has 0 spiro atoms. The van der Waals surface area contributed by atoms with Gasteiger partial charge in [-0.15, -0.1) is 0 Å². The van der Waals surface area contributed by atoms with Crippen molar-refractivity contribution in [1.29, 1.82) is 0 Å². The Labute approximate surface area is 231 Å². The Kier molecular flexibility index (Phi) is 7.86. The van der Waals surface area contributed by atoms with Crippen LogP contribution in [0.25, 0.3) is 16.6 Å². The first kappa shape index (κ1) is 27.0. The number of hydrogen-bond acceptors (Lipinski definition) is 9. The van der Waals surface area contributed by atoms with Crippen molar-refractivity contribution in [3.63, 3.8) is 0 Å². The van der Waals surface area contributed by atoms with Crippen molar-refractivity contribution in [3.05, 3.63) is 89.5 Å². The number of aliphatic hydroxyl groups excluding tert-OH is 1. The Morgan fingerprint density at radius 3 is 2.75 bits per heavy atom. The van der Waals surface area contributed by atoms with Gasteiger partial charge in [-0.1, -0.05) is 12.1 Å². The summed E-state index contributed by atoms with van der Waals surface area (Å²) in [5.74, 6) is -0.307. The quantitative estimate of drug-likeness (QED) is 0.0826. The molecule has 0 amide bonds. The van der Waals surface area contributed by atoms with Crippen LogP contribution < -0.4 is 24.9 Å². The second kappa shape index (κ2) is 11.7. The predicted molar refractivity (Wildman–Crippen MR) is 149 cm³/mol. The molecule has 0 atom stereocenters. The van der Waals surface area contributed by atoms with E-state index in [1.807, 2.05) is 6.92 Å². The number of H-pyrrole nitrogens is 1. The summed E-state index contributed by atoms with van der Waals surface area (Å²) in [6, 6.07) is 15.8. The van der Waals surface area contributed by atoms with Crippen molar-refractivity contribution < 1.29 is 28.5 Å². The first-order valence-corrected chi connectivity index (χ1v) is 12.8. The molecule has 13 heteroatoms. The summed E-state index contributed by atoms with van der Waals surface area (Å²) >= 11 is 1.04. The molecule has 0 aliphatic heterocycles. The van der Waals surface area contributed by atoms with Gasteiger partial charge in [0.05, 0.1) is 35.4 Å². The summed E-state index contributed by atoms with van der Waals surface area (Å²) in [7, 11) is 0. The molecule has 3 aromatic carbocycles. The van der Waals surface area contributed by atoms with Gasteiger partial charge >= 0.3 is 0 Å². The van der Waals surface area contributed by atoms with Crippen molar-refractivity contribution in [2.24, 2.45) is 0 Å². The van der Waals surface area contributed by atoms with E-state index in [0.717, 1.165) is 17.7 Å². The van der Waals surface area contributed by atoms with Crippen LogP contribution in [0, 0.1) is 12.7 Å². The van der Waals surface area contributed by atoms with Gasteiger partial charge in [-0.2, -0.15) is 5.10 Å². The Morgan fingerprint density at radius 1 is 1.18 bits per heavy atom. The number of nitrogens with one attached hydrogen (secondary N) is 3. The number of carbonyl (C=O) groups is 1. The topological polar surface area (TPSA) is 139 Å². The van der Waals surface area contributed by atoms with Gasteiger partial charge in [-0.3, -0.25) is 9.74 Å². The molecule has 0 aliphatic rings. The second-order valence-corrected chi connectivity index (χ2v) is 9.38. The van der Waals surface area contributed by atoms with Crippen molar-refractivity contribution in [1.82, 2.24) is 19.5 Å². The Bertz CT molecular complexity index is 1690. The number of nitrogens with two attached hydrogens (primary N) is 1. The Hall–Kier alpha value is -4.59. The lowest BCUT2D eigenvalue weighted by Gasteiger charge is -2.12. The zero-order valence-electron chi connectivity index (χ0n) is 21.1. The summed E-state index contributed by atoms with van der Waals surface area (Å²) in [6.45, 7) is 2.08. The lowest BCUT2D eigenvalue weighted by molar-refractivity contribution is -0.00504. The average molecular weight is 567 g/mol. The molecular weight excluding hydrogens is 542 g/mol. The predicted octanol–water partition coefficient (Wildman–Crippen LogP) is 5.23. The van der Waals surface area contributed by atoms with E-state index < -0.39 is 11.6 Å². The molecule has 5 aromatic rings. The minimum atomic E-state index is -0.476. The first-order chi connectivity index (χ1) is 19.4. The fourth-order valence-electron chi connectivity index (χ4n) is 4.07. The third-order valence-corrected chi connectivity index (χ3v) is 6.68. The standard InChI is InChI=1S/C27H24F2N6O4S/c1-15-10-17(38-24-5-3-2-4-19(24)28)6-7-23(15)35-27(30)18(14-31-35)26(37)22-11-16-12-25(39-29)21(13-20(16)33-22)34-40-32-8-9-36/h2-7,10-14,32-34,36H,8-9,30H2,1H3. The number of rotatable bonds is 11. The van der Waals surface area contributed by atoms with E-state index in [-0.39, 0.29) is 35.2 Å². The lowest BCUT2D eigenvalue weighted by Crippen LogP contribution is -2.11. The smallest absolute Gasteiger partial charge is 0.214 e. The van der Waals surface area contributed by atoms with Gasteiger partial charge in [0.2, 0.25) is 5.78 Å². The summed E-state index contributed by atoms with van der Waals surface area (Å²) in [4.78, 5) is 20.4. The Balaban J connectivity index is 1.38. The van der Waals surface area contributed by atoms with Gasteiger partial charge in [-0.05, 0) is 61.0 Å². The highest BCUT2D eigenvalue weighted by Gasteiger charge is 2.21. The van der Waals surface area contributed by atoms with Crippen LogP contribution in [0.3, 0.4) is 0 Å². The fourth-order valence-corrected chi connectivity index (χ4v) is 4.60. The molecule has 0 aliphatic carbocycles. The highest BCUT2D eigenvalue weighted by Crippen LogP contribution is 2.34. The lowest BCUT2D eigenvalue weighted by atomic mass is 10.1. The number of para-hydroxylation sites is 1. The van der Waals surface area contributed by atoms with Crippen LogP contribution in [0.2, 0.25) is 0 Å². The van der Waals surface area contributed by atoms with Crippen LogP contribution in [0.1, 0.15) is 21.6 Å². The van der Waals surface area contributed by atoms with Crippen molar-refractivity contribution >= 4 is 40.3 Å². The van der Waals surface area contributed by atoms with Gasteiger partial charge in [-0.25, -0.2) is 13.8 Å². The zero-order chi connectivity index (χ0) is 28.2. The molecule has 0 radical (unpaired) electrons. The van der Waals surface area contributed by atoms with Gasteiger partial charge < -0.3 is 25.3 Å². The van der Waals surface area contributed by atoms with E-state index in [2.05, 4.69) is 24.5 Å². The number of aromatic amines is 1. The van der Waals surface area contributed by atoms with Crippen molar-refractivity contribution in [2.45, 2.75) is 6.92 Å². The SMILES string of the molecule is Cc1cc(Oc2ccccc2F)ccc1-n1ncc(C(=O)c2cc3cc(OF)c(NSNCCO)cc3[nH]2)c1N. The van der Waals surface area contributed by atoms with Crippen molar-refractivity contribution in [2.75, 3.05) is 23.6 Å². The highest BCUT2D eigenvalue weighted by atomic mass is 32.2. The minimum Gasteiger partial charge on any atom is -0.454 e. The maximum absolute atomic E-state index is 14.0. The first-order valence-electron chi connectivity index (χ1n) is 12.0. The van der Waals surface area contributed by atoms with Crippen LogP contribution in [0.15, 0.2) is 66.9 Å². The number of ether oxygens (including phenoxy) is 1. The molecule has 5 rings (SSSR count). The zero-order valence-corrected chi connectivity index (χ0v) is 21.9. The molecule has 206 valence electrons. The molecular formula is C27H24F2N6O4S. The molecule has 6 N–H and O–H groups in total. The van der Waals surface area contributed by atoms with Gasteiger partial charge in [0.1, 0.15) is 11.6 Å². The third kappa shape index (κ3) is 5.43. The number of nitrogens with zero attached hydrogens (tertiary/aromatic N) is 2. The molecule has 0 saturated carbocycles. The van der Waals surface area contributed by atoms with Crippen LogP contribution in [0.4, 0.5) is 20.4 Å². The molecule has 2 heterocycles. The van der Waals surface area contributed by atoms with Crippen LogP contribution in [0.5, 0.6) is 17.2 Å². The summed E-state index contributed by atoms with van der Waals surface area (Å²) in [5, 5.41) is 13.7. The van der Waals surface area contributed by atoms with E-state index in [9.17, 15) is 13.7 Å². The molecule has 40 heavy (non-hydrogen) atoms. The van der Waals surface area contributed by atoms with Gasteiger partial charge in [0.15, 0.2) is 17.3 Å².